The lowest BCUT2D eigenvalue weighted by atomic mass is 10.0. The van der Waals surface area contributed by atoms with Gasteiger partial charge >= 0.3 is 0 Å². The molecule has 2 aliphatic heterocycles. The van der Waals surface area contributed by atoms with Gasteiger partial charge in [-0.3, -0.25) is 14.4 Å². The fourth-order valence-corrected chi connectivity index (χ4v) is 7.48. The van der Waals surface area contributed by atoms with E-state index in [2.05, 4.69) is 9.62 Å². The number of benzene rings is 2. The number of nitrogens with two attached hydrogens (primary N) is 1. The summed E-state index contributed by atoms with van der Waals surface area (Å²) in [5.41, 5.74) is 5.69. The van der Waals surface area contributed by atoms with Gasteiger partial charge in [0.2, 0.25) is 27.7 Å². The van der Waals surface area contributed by atoms with Crippen LogP contribution in [0.5, 0.6) is 0 Å². The Balaban J connectivity index is 1.49. The van der Waals surface area contributed by atoms with Crippen molar-refractivity contribution in [2.24, 2.45) is 5.73 Å². The monoisotopic (exact) mass is 605 g/mol. The van der Waals surface area contributed by atoms with Crippen LogP contribution in [0.3, 0.4) is 0 Å². The molecule has 224 valence electrons. The number of hydrogen-bond acceptors (Lipinski definition) is 6. The number of hydrogen-bond donors (Lipinski definition) is 2. The Bertz CT molecular complexity index is 1410. The molecule has 0 saturated carbocycles. The van der Waals surface area contributed by atoms with Gasteiger partial charge in [0.05, 0.1) is 11.3 Å². The number of primary amides is 1. The van der Waals surface area contributed by atoms with Crippen LogP contribution >= 0.6 is 11.6 Å². The van der Waals surface area contributed by atoms with Gasteiger partial charge in [-0.1, -0.05) is 30.2 Å². The zero-order valence-corrected chi connectivity index (χ0v) is 25.5. The molecule has 2 saturated heterocycles. The first-order chi connectivity index (χ1) is 19.4. The van der Waals surface area contributed by atoms with Crippen LogP contribution in [0.15, 0.2) is 35.2 Å². The fraction of sp³-hybridized carbons (Fsp3) is 0.552. The van der Waals surface area contributed by atoms with Crippen molar-refractivity contribution in [3.8, 4) is 0 Å². The smallest absolute Gasteiger partial charge is 0.245 e. The van der Waals surface area contributed by atoms with E-state index >= 15 is 0 Å². The second-order valence-corrected chi connectivity index (χ2v) is 13.4. The predicted molar refractivity (Wildman–Crippen MR) is 159 cm³/mol. The molecule has 2 aromatic rings. The van der Waals surface area contributed by atoms with Gasteiger partial charge in [0.25, 0.3) is 0 Å². The molecule has 3 amide bonds. The lowest BCUT2D eigenvalue weighted by Crippen LogP contribution is -2.53. The van der Waals surface area contributed by atoms with Gasteiger partial charge in [0.15, 0.2) is 0 Å². The summed E-state index contributed by atoms with van der Waals surface area (Å²) < 4.78 is 29.6. The minimum Gasteiger partial charge on any atom is -0.369 e. The number of piperidine rings is 1. The topological polar surface area (TPSA) is 133 Å². The molecule has 0 aliphatic carbocycles. The Morgan fingerprint density at radius 3 is 2.46 bits per heavy atom. The van der Waals surface area contributed by atoms with E-state index in [0.29, 0.717) is 22.3 Å². The number of sulfonamides is 1. The maximum Gasteiger partial charge on any atom is 0.245 e. The van der Waals surface area contributed by atoms with Crippen molar-refractivity contribution in [2.45, 2.75) is 75.9 Å². The highest BCUT2D eigenvalue weighted by atomic mass is 35.5. The molecule has 2 heterocycles. The number of carbonyl (C=O) groups is 3. The van der Waals surface area contributed by atoms with Crippen molar-refractivity contribution in [3.05, 3.63) is 40.9 Å². The van der Waals surface area contributed by atoms with E-state index < -0.39 is 33.9 Å². The first-order valence-corrected chi connectivity index (χ1v) is 16.1. The maximum atomic E-state index is 13.6. The van der Waals surface area contributed by atoms with Crippen LogP contribution in [0, 0.1) is 0 Å². The van der Waals surface area contributed by atoms with Crippen LogP contribution in [-0.2, 0) is 30.8 Å². The molecule has 0 aromatic heterocycles. The molecule has 4 rings (SSSR count). The number of likely N-dealkylation sites (tertiary alicyclic amines) is 2. The second kappa shape index (κ2) is 13.1. The lowest BCUT2D eigenvalue weighted by Gasteiger charge is -2.35. The molecule has 41 heavy (non-hydrogen) atoms. The Morgan fingerprint density at radius 2 is 1.80 bits per heavy atom. The molecular formula is C29H40ClN5O5S. The molecule has 2 fully saturated rings. The van der Waals surface area contributed by atoms with Gasteiger partial charge in [-0.05, 0) is 87.7 Å². The summed E-state index contributed by atoms with van der Waals surface area (Å²) in [7, 11) is -4.21. The quantitative estimate of drug-likeness (QED) is 0.404. The normalized spacial score (nSPS) is 19.2. The minimum absolute atomic E-state index is 0.0341. The third-order valence-electron chi connectivity index (χ3n) is 8.07. The van der Waals surface area contributed by atoms with Gasteiger partial charge in [-0.2, -0.15) is 4.72 Å². The highest BCUT2D eigenvalue weighted by Gasteiger charge is 2.40. The average Bonchev–Trinajstić information content (AvgIpc) is 3.27. The number of fused-ring (bicyclic) bond motifs is 1. The summed E-state index contributed by atoms with van der Waals surface area (Å²) >= 11 is 6.09. The maximum absolute atomic E-state index is 13.6. The summed E-state index contributed by atoms with van der Waals surface area (Å²) in [6.45, 7) is 9.32. The van der Waals surface area contributed by atoms with Crippen molar-refractivity contribution < 1.29 is 22.8 Å². The molecular weight excluding hydrogens is 566 g/mol. The van der Waals surface area contributed by atoms with Crippen molar-refractivity contribution in [1.82, 2.24) is 19.4 Å². The molecule has 3 N–H and O–H groups in total. The van der Waals surface area contributed by atoms with Gasteiger partial charge in [-0.15, -0.1) is 0 Å². The highest BCUT2D eigenvalue weighted by molar-refractivity contribution is 7.89. The molecule has 0 spiro atoms. The Morgan fingerprint density at radius 1 is 1.10 bits per heavy atom. The van der Waals surface area contributed by atoms with E-state index in [1.807, 2.05) is 18.7 Å². The molecule has 2 aromatic carbocycles. The number of nitrogens with one attached hydrogen (secondary N) is 1. The molecule has 0 bridgehead atoms. The SMILES string of the molecule is CC(C)N(CCN1CCCCC1)C(=O)[C@H](C)N1CC[C@H](NS(=O)(=O)c2ccc3cc(Cl)ccc3c2CC(N)=O)C1=O. The minimum atomic E-state index is -4.21. The number of rotatable bonds is 11. The average molecular weight is 606 g/mol. The van der Waals surface area contributed by atoms with Crippen molar-refractivity contribution in [3.63, 3.8) is 0 Å². The Hall–Kier alpha value is -2.73. The van der Waals surface area contributed by atoms with Crippen LogP contribution < -0.4 is 10.5 Å². The summed E-state index contributed by atoms with van der Waals surface area (Å²) in [5, 5.41) is 1.67. The van der Waals surface area contributed by atoms with Gasteiger partial charge in [0.1, 0.15) is 12.1 Å². The zero-order valence-electron chi connectivity index (χ0n) is 23.9. The number of carbonyl (C=O) groups excluding carboxylic acids is 3. The first kappa shape index (κ1) is 31.2. The Kier molecular flexibility index (Phi) is 9.94. The largest absolute Gasteiger partial charge is 0.369 e. The van der Waals surface area contributed by atoms with E-state index in [9.17, 15) is 22.8 Å². The summed E-state index contributed by atoms with van der Waals surface area (Å²) in [4.78, 5) is 44.3. The van der Waals surface area contributed by atoms with Crippen molar-refractivity contribution in [2.75, 3.05) is 32.7 Å². The van der Waals surface area contributed by atoms with Gasteiger partial charge in [0, 0.05) is 30.7 Å². The summed E-state index contributed by atoms with van der Waals surface area (Å²) in [6, 6.07) is 6.15. The first-order valence-electron chi connectivity index (χ1n) is 14.2. The number of amides is 3. The van der Waals surface area contributed by atoms with Crippen LogP contribution in [0.1, 0.15) is 52.0 Å². The molecule has 12 heteroatoms. The van der Waals surface area contributed by atoms with Crippen LogP contribution in [-0.4, -0.2) is 91.7 Å². The molecule has 0 unspecified atom stereocenters. The number of nitrogens with zero attached hydrogens (tertiary/aromatic N) is 3. The Labute approximate surface area is 247 Å². The number of halogens is 1. The van der Waals surface area contributed by atoms with E-state index in [1.165, 1.54) is 30.2 Å². The van der Waals surface area contributed by atoms with Crippen molar-refractivity contribution in [1.29, 1.82) is 0 Å². The second-order valence-electron chi connectivity index (χ2n) is 11.2. The molecule has 2 atom stereocenters. The third-order valence-corrected chi connectivity index (χ3v) is 9.86. The van der Waals surface area contributed by atoms with E-state index in [-0.39, 0.29) is 41.8 Å². The molecule has 2 aliphatic rings. The fourth-order valence-electron chi connectivity index (χ4n) is 5.83. The highest BCUT2D eigenvalue weighted by Crippen LogP contribution is 2.29. The third kappa shape index (κ3) is 7.20. The van der Waals surface area contributed by atoms with Crippen LogP contribution in [0.25, 0.3) is 10.8 Å². The van der Waals surface area contributed by atoms with E-state index in [0.717, 1.165) is 19.6 Å². The molecule has 0 radical (unpaired) electrons. The van der Waals surface area contributed by atoms with E-state index in [4.69, 9.17) is 17.3 Å². The van der Waals surface area contributed by atoms with Crippen LogP contribution in [0.2, 0.25) is 5.02 Å². The predicted octanol–water partition coefficient (Wildman–Crippen LogP) is 2.51. The zero-order chi connectivity index (χ0) is 29.9. The standard InChI is InChI=1S/C29H40ClN5O5S/c1-19(2)34(16-15-33-12-5-4-6-13-33)28(37)20(3)35-14-11-25(29(35)38)32-41(39,40)26-10-7-21-17-22(30)8-9-23(21)24(26)18-27(31)36/h7-10,17,19-20,25,32H,4-6,11-16,18H2,1-3H3,(H2,31,36)/t20-,25-/m0/s1. The van der Waals surface area contributed by atoms with Crippen molar-refractivity contribution >= 4 is 50.1 Å². The summed E-state index contributed by atoms with van der Waals surface area (Å²) in [6.07, 6.45) is 3.50. The van der Waals surface area contributed by atoms with Gasteiger partial charge in [-0.25, -0.2) is 8.42 Å². The summed E-state index contributed by atoms with van der Waals surface area (Å²) in [5.74, 6) is -1.28. The van der Waals surface area contributed by atoms with Crippen LogP contribution in [0.4, 0.5) is 0 Å². The van der Waals surface area contributed by atoms with E-state index in [1.54, 1.807) is 31.2 Å². The molecule has 10 nitrogen and oxygen atoms in total. The lowest BCUT2D eigenvalue weighted by molar-refractivity contribution is -0.144. The van der Waals surface area contributed by atoms with Gasteiger partial charge < -0.3 is 20.4 Å².